The molecule has 0 spiro atoms. The molecule has 2 aromatic carbocycles. The summed E-state index contributed by atoms with van der Waals surface area (Å²) in [6.45, 7) is 3.47. The number of hydrogen-bond donors (Lipinski definition) is 0. The van der Waals surface area contributed by atoms with Gasteiger partial charge in [-0.25, -0.2) is 8.42 Å². The molecule has 0 aromatic heterocycles. The minimum Gasteiger partial charge on any atom is -0.293 e. The fourth-order valence-electron chi connectivity index (χ4n) is 2.36. The third-order valence-electron chi connectivity index (χ3n) is 3.50. The van der Waals surface area contributed by atoms with E-state index >= 15 is 0 Å². The maximum atomic E-state index is 12.8. The molecule has 0 radical (unpaired) electrons. The average Bonchev–Trinajstić information content (AvgIpc) is 2.48. The summed E-state index contributed by atoms with van der Waals surface area (Å²) in [4.78, 5) is 12.8. The van der Waals surface area contributed by atoms with Crippen LogP contribution in [0.3, 0.4) is 0 Å². The molecule has 21 heavy (non-hydrogen) atoms. The third-order valence-corrected chi connectivity index (χ3v) is 5.86. The Morgan fingerprint density at radius 2 is 1.57 bits per heavy atom. The largest absolute Gasteiger partial charge is 0.293 e. The number of aryl methyl sites for hydroxylation is 1. The molecule has 0 amide bonds. The van der Waals surface area contributed by atoms with Crippen LogP contribution in [0.4, 0.5) is 0 Å². The topological polar surface area (TPSA) is 51.2 Å². The van der Waals surface area contributed by atoms with Crippen LogP contribution in [0.25, 0.3) is 0 Å². The first-order valence-corrected chi connectivity index (χ1v) is 8.42. The molecule has 0 saturated heterocycles. The van der Waals surface area contributed by atoms with E-state index in [-0.39, 0.29) is 17.1 Å². The van der Waals surface area contributed by atoms with E-state index in [0.29, 0.717) is 11.1 Å². The Balaban J connectivity index is 2.46. The first-order chi connectivity index (χ1) is 9.98. The Morgan fingerprint density at radius 3 is 2.14 bits per heavy atom. The monoisotopic (exact) mass is 302 g/mol. The first-order valence-electron chi connectivity index (χ1n) is 6.87. The molecule has 2 rings (SSSR count). The lowest BCUT2D eigenvalue weighted by Crippen LogP contribution is -2.30. The summed E-state index contributed by atoms with van der Waals surface area (Å²) in [7, 11) is -3.68. The first kappa shape index (κ1) is 15.4. The zero-order valence-electron chi connectivity index (χ0n) is 12.1. The van der Waals surface area contributed by atoms with E-state index in [1.807, 2.05) is 0 Å². The van der Waals surface area contributed by atoms with Crippen molar-refractivity contribution in [1.29, 1.82) is 0 Å². The lowest BCUT2D eigenvalue weighted by Gasteiger charge is -2.16. The van der Waals surface area contributed by atoms with Crippen LogP contribution in [-0.4, -0.2) is 19.5 Å². The molecule has 0 heterocycles. The maximum absolute atomic E-state index is 12.8. The molecule has 0 saturated carbocycles. The van der Waals surface area contributed by atoms with E-state index < -0.39 is 15.1 Å². The van der Waals surface area contributed by atoms with Gasteiger partial charge in [0.15, 0.2) is 15.6 Å². The Bertz CT molecular complexity index is 734. The lowest BCUT2D eigenvalue weighted by atomic mass is 10.1. The molecular weight excluding hydrogens is 284 g/mol. The zero-order valence-corrected chi connectivity index (χ0v) is 12.9. The van der Waals surface area contributed by atoms with Crippen LogP contribution in [-0.2, 0) is 9.84 Å². The van der Waals surface area contributed by atoms with Crippen LogP contribution in [0.1, 0.15) is 29.3 Å². The highest BCUT2D eigenvalue weighted by molar-refractivity contribution is 7.93. The number of carbonyl (C=O) groups excluding carboxylic acids is 1. The van der Waals surface area contributed by atoms with Crippen LogP contribution >= 0.6 is 0 Å². The van der Waals surface area contributed by atoms with Gasteiger partial charge < -0.3 is 0 Å². The van der Waals surface area contributed by atoms with Crippen molar-refractivity contribution in [2.24, 2.45) is 0 Å². The summed E-state index contributed by atoms with van der Waals surface area (Å²) < 4.78 is 25.6. The summed E-state index contributed by atoms with van der Waals surface area (Å²) in [5.74, 6) is -0.346. The van der Waals surface area contributed by atoms with Crippen LogP contribution in [0.2, 0.25) is 0 Å². The van der Waals surface area contributed by atoms with Gasteiger partial charge >= 0.3 is 0 Å². The van der Waals surface area contributed by atoms with Gasteiger partial charge in [-0.2, -0.15) is 0 Å². The minimum atomic E-state index is -3.68. The van der Waals surface area contributed by atoms with E-state index in [4.69, 9.17) is 0 Å². The molecule has 0 bridgehead atoms. The molecule has 3 nitrogen and oxygen atoms in total. The van der Waals surface area contributed by atoms with Crippen LogP contribution in [0.5, 0.6) is 0 Å². The maximum Gasteiger partial charge on any atom is 0.188 e. The van der Waals surface area contributed by atoms with Crippen molar-refractivity contribution in [3.8, 4) is 0 Å². The quantitative estimate of drug-likeness (QED) is 0.795. The molecule has 0 aliphatic carbocycles. The van der Waals surface area contributed by atoms with Crippen molar-refractivity contribution < 1.29 is 13.2 Å². The summed E-state index contributed by atoms with van der Waals surface area (Å²) in [5, 5.41) is -1.04. The van der Waals surface area contributed by atoms with Gasteiger partial charge in [0.05, 0.1) is 4.90 Å². The fraction of sp³-hybridized carbons (Fsp3) is 0.235. The number of sulfone groups is 1. The van der Waals surface area contributed by atoms with Crippen molar-refractivity contribution in [3.05, 3.63) is 65.7 Å². The molecule has 4 heteroatoms. The predicted octanol–water partition coefficient (Wildman–Crippen LogP) is 3.43. The molecule has 1 atom stereocenters. The normalized spacial score (nSPS) is 12.9. The SMILES string of the molecule is CCC(C(=O)c1ccccc1)S(=O)(=O)c1ccccc1C. The molecule has 1 unspecified atom stereocenters. The van der Waals surface area contributed by atoms with E-state index in [9.17, 15) is 13.2 Å². The van der Waals surface area contributed by atoms with E-state index in [2.05, 4.69) is 0 Å². The molecule has 0 N–H and O–H groups in total. The van der Waals surface area contributed by atoms with E-state index in [1.165, 1.54) is 0 Å². The van der Waals surface area contributed by atoms with Gasteiger partial charge in [0.1, 0.15) is 5.25 Å². The summed E-state index contributed by atoms with van der Waals surface area (Å²) in [6, 6.07) is 15.3. The minimum absolute atomic E-state index is 0.237. The summed E-state index contributed by atoms with van der Waals surface area (Å²) >= 11 is 0. The van der Waals surface area contributed by atoms with Gasteiger partial charge in [-0.15, -0.1) is 0 Å². The van der Waals surface area contributed by atoms with Gasteiger partial charge in [-0.1, -0.05) is 55.5 Å². The second-order valence-corrected chi connectivity index (χ2v) is 7.04. The van der Waals surface area contributed by atoms with Crippen LogP contribution in [0.15, 0.2) is 59.5 Å². The highest BCUT2D eigenvalue weighted by Gasteiger charge is 2.33. The number of benzene rings is 2. The molecule has 0 aliphatic rings. The van der Waals surface area contributed by atoms with Gasteiger partial charge in [0.2, 0.25) is 0 Å². The van der Waals surface area contributed by atoms with Crippen molar-refractivity contribution >= 4 is 15.6 Å². The second-order valence-electron chi connectivity index (χ2n) is 4.94. The van der Waals surface area contributed by atoms with Gasteiger partial charge in [-0.3, -0.25) is 4.79 Å². The Hall–Kier alpha value is -1.94. The van der Waals surface area contributed by atoms with E-state index in [0.717, 1.165) is 0 Å². The Labute approximate surface area is 125 Å². The molecular formula is C17H18O3S. The van der Waals surface area contributed by atoms with Crippen LogP contribution in [0, 0.1) is 6.92 Å². The summed E-state index contributed by atoms with van der Waals surface area (Å²) in [5.41, 5.74) is 1.10. The fourth-order valence-corrected chi connectivity index (χ4v) is 4.31. The number of ketones is 1. The van der Waals surface area contributed by atoms with E-state index in [1.54, 1.807) is 68.4 Å². The number of Topliss-reactive ketones (excluding diaryl/α,β-unsaturated/α-hetero) is 1. The highest BCUT2D eigenvalue weighted by atomic mass is 32.2. The van der Waals surface area contributed by atoms with Crippen molar-refractivity contribution in [1.82, 2.24) is 0 Å². The third kappa shape index (κ3) is 3.05. The molecule has 2 aromatic rings. The number of carbonyl (C=O) groups is 1. The zero-order chi connectivity index (χ0) is 15.5. The average molecular weight is 302 g/mol. The Kier molecular flexibility index (Phi) is 4.58. The van der Waals surface area contributed by atoms with Gasteiger partial charge in [0.25, 0.3) is 0 Å². The predicted molar refractivity (Wildman–Crippen MR) is 83.2 cm³/mol. The smallest absolute Gasteiger partial charge is 0.188 e. The number of hydrogen-bond acceptors (Lipinski definition) is 3. The van der Waals surface area contributed by atoms with Crippen molar-refractivity contribution in [2.45, 2.75) is 30.4 Å². The van der Waals surface area contributed by atoms with Crippen molar-refractivity contribution in [2.75, 3.05) is 0 Å². The van der Waals surface area contributed by atoms with Crippen molar-refractivity contribution in [3.63, 3.8) is 0 Å². The standard InChI is InChI=1S/C17H18O3S/c1-3-15(17(18)14-10-5-4-6-11-14)21(19,20)16-12-8-7-9-13(16)2/h4-12,15H,3H2,1-2H3. The molecule has 110 valence electrons. The molecule has 0 fully saturated rings. The Morgan fingerprint density at radius 1 is 1.00 bits per heavy atom. The highest BCUT2D eigenvalue weighted by Crippen LogP contribution is 2.24. The summed E-state index contributed by atoms with van der Waals surface area (Å²) in [6.07, 6.45) is 0.254. The second kappa shape index (κ2) is 6.22. The van der Waals surface area contributed by atoms with Gasteiger partial charge in [0, 0.05) is 5.56 Å². The number of rotatable bonds is 5. The lowest BCUT2D eigenvalue weighted by molar-refractivity contribution is 0.0985. The van der Waals surface area contributed by atoms with Gasteiger partial charge in [-0.05, 0) is 25.0 Å². The molecule has 0 aliphatic heterocycles. The van der Waals surface area contributed by atoms with Crippen LogP contribution < -0.4 is 0 Å².